The van der Waals surface area contributed by atoms with Crippen LogP contribution in [0.25, 0.3) is 6.08 Å². The molecule has 1 saturated heterocycles. The molecule has 2 aliphatic heterocycles. The van der Waals surface area contributed by atoms with E-state index < -0.39 is 0 Å². The summed E-state index contributed by atoms with van der Waals surface area (Å²) < 4.78 is 0. The van der Waals surface area contributed by atoms with Gasteiger partial charge in [0.25, 0.3) is 5.91 Å². The number of aryl methyl sites for hydroxylation is 1. The van der Waals surface area contributed by atoms with E-state index in [9.17, 15) is 9.59 Å². The number of allylic oxidation sites excluding steroid dienone is 2. The van der Waals surface area contributed by atoms with Crippen LogP contribution in [0.15, 0.2) is 58.7 Å². The molecular weight excluding hydrogens is 476 g/mol. The molecule has 0 atom stereocenters. The number of hydrogen-bond acceptors (Lipinski definition) is 7. The Morgan fingerprint density at radius 3 is 2.55 bits per heavy atom. The summed E-state index contributed by atoms with van der Waals surface area (Å²) in [5.74, 6) is 0.572. The van der Waals surface area contributed by atoms with Gasteiger partial charge in [0.05, 0.1) is 5.69 Å². The molecule has 1 aromatic heterocycles. The standard InChI is InChI=1S/C30H42N6O2/c1-22(19-27-23(2)32-14-9-29(27)35(6)15-12-26(31-3)13-18-37)21-36-16-10-24(11-17-36)28-8-7-25(20-33-28)30(38)34(4)5/h9,12-15,18-20,24,31H,7-8,10-11,16-17,21H2,1-6H3/b15-12-,22-19+,26-13+. The Morgan fingerprint density at radius 1 is 1.21 bits per heavy atom. The number of rotatable bonds is 10. The summed E-state index contributed by atoms with van der Waals surface area (Å²) in [6.45, 7) is 7.22. The highest BCUT2D eigenvalue weighted by molar-refractivity contribution is 5.97. The molecule has 38 heavy (non-hydrogen) atoms. The first-order chi connectivity index (χ1) is 18.2. The van der Waals surface area contributed by atoms with Gasteiger partial charge in [0.1, 0.15) is 6.29 Å². The number of piperidine rings is 1. The molecule has 0 saturated carbocycles. The minimum absolute atomic E-state index is 0.0663. The van der Waals surface area contributed by atoms with Crippen molar-refractivity contribution in [3.63, 3.8) is 0 Å². The predicted molar refractivity (Wildman–Crippen MR) is 156 cm³/mol. The van der Waals surface area contributed by atoms with Crippen LogP contribution in [0.3, 0.4) is 0 Å². The molecule has 0 radical (unpaired) electrons. The summed E-state index contributed by atoms with van der Waals surface area (Å²) in [5, 5.41) is 3.01. The third kappa shape index (κ3) is 7.74. The van der Waals surface area contributed by atoms with Gasteiger partial charge in [-0.1, -0.05) is 11.6 Å². The van der Waals surface area contributed by atoms with E-state index in [0.717, 1.165) is 79.8 Å². The van der Waals surface area contributed by atoms with Gasteiger partial charge in [0.2, 0.25) is 0 Å². The number of aliphatic imine (C=N–C) groups is 1. The number of carbonyl (C=O) groups excluding carboxylic acids is 2. The number of anilines is 1. The molecule has 1 N–H and O–H groups in total. The zero-order valence-electron chi connectivity index (χ0n) is 23.7. The number of nitrogens with one attached hydrogen (secondary N) is 1. The third-order valence-electron chi connectivity index (χ3n) is 7.20. The minimum Gasteiger partial charge on any atom is -0.388 e. The molecule has 3 rings (SSSR count). The van der Waals surface area contributed by atoms with E-state index in [0.29, 0.717) is 5.92 Å². The smallest absolute Gasteiger partial charge is 0.250 e. The van der Waals surface area contributed by atoms with Gasteiger partial charge in [-0.15, -0.1) is 0 Å². The SMILES string of the molecule is CNC(/C=C\N(C)c1ccnc(C)c1/C=C(\C)CN1CCC(C2=NC=C(C(=O)N(C)C)CC2)CC1)=C/C=O. The second kappa shape index (κ2) is 13.9. The van der Waals surface area contributed by atoms with Gasteiger partial charge >= 0.3 is 0 Å². The van der Waals surface area contributed by atoms with Crippen LogP contribution in [-0.4, -0.2) is 80.5 Å². The van der Waals surface area contributed by atoms with E-state index >= 15 is 0 Å². The van der Waals surface area contributed by atoms with Gasteiger partial charge in [0, 0.05) is 87.6 Å². The molecule has 0 aromatic carbocycles. The second-order valence-corrected chi connectivity index (χ2v) is 10.3. The molecule has 204 valence electrons. The lowest BCUT2D eigenvalue weighted by Crippen LogP contribution is -2.37. The first kappa shape index (κ1) is 29.0. The second-order valence-electron chi connectivity index (χ2n) is 10.3. The Kier molecular flexibility index (Phi) is 10.6. The third-order valence-corrected chi connectivity index (χ3v) is 7.20. The molecule has 0 spiro atoms. The Balaban J connectivity index is 1.63. The number of pyridine rings is 1. The zero-order valence-corrected chi connectivity index (χ0v) is 23.7. The zero-order chi connectivity index (χ0) is 27.7. The van der Waals surface area contributed by atoms with Gasteiger partial charge < -0.3 is 15.1 Å². The molecule has 8 nitrogen and oxygen atoms in total. The highest BCUT2D eigenvalue weighted by atomic mass is 16.2. The number of likely N-dealkylation sites (tertiary alicyclic amines) is 1. The van der Waals surface area contributed by atoms with Crippen LogP contribution in [0.2, 0.25) is 0 Å². The Hall–Kier alpha value is -3.52. The normalized spacial score (nSPS) is 17.7. The average molecular weight is 519 g/mol. The van der Waals surface area contributed by atoms with Gasteiger partial charge in [-0.05, 0) is 70.7 Å². The summed E-state index contributed by atoms with van der Waals surface area (Å²) in [6, 6.07) is 2.02. The van der Waals surface area contributed by atoms with Crippen molar-refractivity contribution in [2.24, 2.45) is 10.9 Å². The van der Waals surface area contributed by atoms with Gasteiger partial charge in [-0.25, -0.2) is 0 Å². The fourth-order valence-electron chi connectivity index (χ4n) is 5.00. The first-order valence-corrected chi connectivity index (χ1v) is 13.3. The van der Waals surface area contributed by atoms with Crippen molar-refractivity contribution in [3.05, 3.63) is 64.9 Å². The van der Waals surface area contributed by atoms with Crippen LogP contribution in [0.1, 0.15) is 43.9 Å². The largest absolute Gasteiger partial charge is 0.388 e. The van der Waals surface area contributed by atoms with E-state index in [1.807, 2.05) is 43.4 Å². The number of likely N-dealkylation sites (N-methyl/N-ethyl adjacent to an activating group) is 2. The van der Waals surface area contributed by atoms with E-state index in [4.69, 9.17) is 4.99 Å². The summed E-state index contributed by atoms with van der Waals surface area (Å²) in [6.07, 6.45) is 15.8. The van der Waals surface area contributed by atoms with Crippen molar-refractivity contribution >= 4 is 29.7 Å². The molecule has 3 heterocycles. The molecule has 0 bridgehead atoms. The maximum atomic E-state index is 12.2. The van der Waals surface area contributed by atoms with Gasteiger partial charge in [-0.3, -0.25) is 24.5 Å². The summed E-state index contributed by atoms with van der Waals surface area (Å²) in [5.41, 5.74) is 7.24. The summed E-state index contributed by atoms with van der Waals surface area (Å²) >= 11 is 0. The van der Waals surface area contributed by atoms with Crippen LogP contribution in [0.4, 0.5) is 5.69 Å². The van der Waals surface area contributed by atoms with Crippen molar-refractivity contribution in [3.8, 4) is 0 Å². The lowest BCUT2D eigenvalue weighted by Gasteiger charge is -2.33. The molecule has 0 aliphatic carbocycles. The number of carbonyl (C=O) groups is 2. The van der Waals surface area contributed by atoms with E-state index in [1.165, 1.54) is 17.4 Å². The maximum absolute atomic E-state index is 12.2. The maximum Gasteiger partial charge on any atom is 0.250 e. The summed E-state index contributed by atoms with van der Waals surface area (Å²) in [4.78, 5) is 38.4. The van der Waals surface area contributed by atoms with Crippen LogP contribution >= 0.6 is 0 Å². The van der Waals surface area contributed by atoms with Crippen LogP contribution < -0.4 is 10.2 Å². The quantitative estimate of drug-likeness (QED) is 0.287. The molecule has 1 fully saturated rings. The number of amides is 1. The van der Waals surface area contributed by atoms with E-state index in [2.05, 4.69) is 28.2 Å². The molecular formula is C30H42N6O2. The highest BCUT2D eigenvalue weighted by Crippen LogP contribution is 2.28. The Labute approximate surface area is 227 Å². The van der Waals surface area contributed by atoms with Crippen molar-refractivity contribution in [2.45, 2.75) is 39.5 Å². The summed E-state index contributed by atoms with van der Waals surface area (Å²) in [7, 11) is 7.37. The van der Waals surface area contributed by atoms with Crippen LogP contribution in [-0.2, 0) is 9.59 Å². The Morgan fingerprint density at radius 2 is 1.95 bits per heavy atom. The molecule has 8 heteroatoms. The lowest BCUT2D eigenvalue weighted by atomic mass is 9.87. The van der Waals surface area contributed by atoms with E-state index in [-0.39, 0.29) is 5.91 Å². The monoisotopic (exact) mass is 518 g/mol. The number of aldehydes is 1. The number of aromatic nitrogens is 1. The van der Waals surface area contributed by atoms with Crippen LogP contribution in [0.5, 0.6) is 0 Å². The van der Waals surface area contributed by atoms with Gasteiger partial charge in [-0.2, -0.15) is 0 Å². The average Bonchev–Trinajstić information content (AvgIpc) is 2.92. The van der Waals surface area contributed by atoms with E-state index in [1.54, 1.807) is 32.2 Å². The van der Waals surface area contributed by atoms with Crippen LogP contribution in [0, 0.1) is 12.8 Å². The van der Waals surface area contributed by atoms with Crippen molar-refractivity contribution in [2.75, 3.05) is 52.7 Å². The topological polar surface area (TPSA) is 81.1 Å². The molecule has 0 unspecified atom stereocenters. The first-order valence-electron chi connectivity index (χ1n) is 13.3. The Bertz CT molecular complexity index is 1150. The molecule has 1 amide bonds. The number of nitrogens with zero attached hydrogens (tertiary/aromatic N) is 5. The highest BCUT2D eigenvalue weighted by Gasteiger charge is 2.26. The van der Waals surface area contributed by atoms with Gasteiger partial charge in [0.15, 0.2) is 0 Å². The fraction of sp³-hybridized carbons (Fsp3) is 0.467. The predicted octanol–water partition coefficient (Wildman–Crippen LogP) is 3.96. The number of hydrogen-bond donors (Lipinski definition) is 1. The molecule has 2 aliphatic rings. The molecule has 1 aromatic rings. The minimum atomic E-state index is 0.0663. The van der Waals surface area contributed by atoms with Crippen molar-refractivity contribution < 1.29 is 9.59 Å². The van der Waals surface area contributed by atoms with Crippen molar-refractivity contribution in [1.29, 1.82) is 0 Å². The lowest BCUT2D eigenvalue weighted by molar-refractivity contribution is -0.124. The van der Waals surface area contributed by atoms with Crippen molar-refractivity contribution in [1.82, 2.24) is 20.1 Å². The fourth-order valence-corrected chi connectivity index (χ4v) is 5.00.